The van der Waals surface area contributed by atoms with Gasteiger partial charge in [0.25, 0.3) is 0 Å². The topological polar surface area (TPSA) is 72.6 Å². The number of aliphatic hydroxyl groups is 1. The molecule has 5 heteroatoms. The fourth-order valence-corrected chi connectivity index (χ4v) is 2.39. The number of nitro groups is 1. The molecule has 1 aliphatic heterocycles. The lowest BCUT2D eigenvalue weighted by molar-refractivity contribution is -0.488. The molecule has 2 aromatic rings. The van der Waals surface area contributed by atoms with E-state index >= 15 is 0 Å². The Bertz CT molecular complexity index is 708. The summed E-state index contributed by atoms with van der Waals surface area (Å²) < 4.78 is 5.60. The molecule has 0 unspecified atom stereocenters. The molecule has 0 spiro atoms. The van der Waals surface area contributed by atoms with Gasteiger partial charge in [-0.2, -0.15) is 0 Å². The van der Waals surface area contributed by atoms with Crippen LogP contribution in [-0.2, 0) is 0 Å². The molecule has 2 aromatic carbocycles. The molecule has 20 heavy (non-hydrogen) atoms. The summed E-state index contributed by atoms with van der Waals surface area (Å²) in [5.74, 6) is 0.737. The van der Waals surface area contributed by atoms with Crippen molar-refractivity contribution >= 4 is 16.8 Å². The van der Waals surface area contributed by atoms with Gasteiger partial charge in [-0.3, -0.25) is 10.1 Å². The van der Waals surface area contributed by atoms with Crippen molar-refractivity contribution in [3.05, 3.63) is 57.6 Å². The second kappa shape index (κ2) is 4.94. The molecule has 102 valence electrons. The highest BCUT2D eigenvalue weighted by molar-refractivity contribution is 5.94. The van der Waals surface area contributed by atoms with Gasteiger partial charge >= 0.3 is 0 Å². The molecule has 5 nitrogen and oxygen atoms in total. The number of hydrogen-bond acceptors (Lipinski definition) is 4. The SMILES string of the molecule is O=[N+]([O-])C[C@@H](O)C1=Cc2c(ccc3ccccc23)OC1. The molecule has 0 radical (unpaired) electrons. The monoisotopic (exact) mass is 271 g/mol. The number of fused-ring (bicyclic) bond motifs is 3. The lowest BCUT2D eigenvalue weighted by Crippen LogP contribution is -2.26. The number of ether oxygens (including phenoxy) is 1. The Balaban J connectivity index is 2.06. The van der Waals surface area contributed by atoms with E-state index < -0.39 is 17.6 Å². The van der Waals surface area contributed by atoms with Gasteiger partial charge in [-0.05, 0) is 22.9 Å². The molecular weight excluding hydrogens is 258 g/mol. The summed E-state index contributed by atoms with van der Waals surface area (Å²) in [6.07, 6.45) is 0.687. The summed E-state index contributed by atoms with van der Waals surface area (Å²) in [7, 11) is 0. The fourth-order valence-electron chi connectivity index (χ4n) is 2.39. The molecular formula is C15H13NO4. The van der Waals surface area contributed by atoms with Crippen LogP contribution in [0.5, 0.6) is 5.75 Å². The molecule has 1 heterocycles. The van der Waals surface area contributed by atoms with Crippen molar-refractivity contribution in [2.24, 2.45) is 0 Å². The summed E-state index contributed by atoms with van der Waals surface area (Å²) >= 11 is 0. The molecule has 0 fully saturated rings. The van der Waals surface area contributed by atoms with Crippen LogP contribution < -0.4 is 4.74 Å². The third kappa shape index (κ3) is 2.23. The van der Waals surface area contributed by atoms with Crippen molar-refractivity contribution in [3.63, 3.8) is 0 Å². The quantitative estimate of drug-likeness (QED) is 0.686. The highest BCUT2D eigenvalue weighted by Gasteiger charge is 2.22. The standard InChI is InChI=1S/C15H13NO4/c17-14(8-16(18)19)11-7-13-12-4-2-1-3-10(12)5-6-15(13)20-9-11/h1-7,14,17H,8-9H2/t14-/m1/s1. The first-order valence-corrected chi connectivity index (χ1v) is 6.30. The zero-order valence-corrected chi connectivity index (χ0v) is 10.7. The maximum atomic E-state index is 10.5. The van der Waals surface area contributed by atoms with Gasteiger partial charge in [-0.25, -0.2) is 0 Å². The maximum absolute atomic E-state index is 10.5. The molecule has 3 rings (SSSR count). The van der Waals surface area contributed by atoms with E-state index in [1.807, 2.05) is 36.4 Å². The van der Waals surface area contributed by atoms with Gasteiger partial charge < -0.3 is 9.84 Å². The highest BCUT2D eigenvalue weighted by atomic mass is 16.6. The van der Waals surface area contributed by atoms with E-state index in [1.165, 1.54) is 0 Å². The van der Waals surface area contributed by atoms with E-state index in [4.69, 9.17) is 4.74 Å². The van der Waals surface area contributed by atoms with Crippen LogP contribution in [0.3, 0.4) is 0 Å². The molecule has 0 aromatic heterocycles. The number of nitrogens with zero attached hydrogens (tertiary/aromatic N) is 1. The van der Waals surface area contributed by atoms with Crippen molar-refractivity contribution in [1.29, 1.82) is 0 Å². The molecule has 0 amide bonds. The summed E-state index contributed by atoms with van der Waals surface area (Å²) in [6, 6.07) is 11.7. The van der Waals surface area contributed by atoms with Crippen molar-refractivity contribution < 1.29 is 14.8 Å². The van der Waals surface area contributed by atoms with E-state index in [2.05, 4.69) is 0 Å². The van der Waals surface area contributed by atoms with Gasteiger partial charge in [0, 0.05) is 16.1 Å². The molecule has 1 aliphatic rings. The van der Waals surface area contributed by atoms with Gasteiger partial charge in [-0.1, -0.05) is 30.3 Å². The fraction of sp³-hybridized carbons (Fsp3) is 0.200. The van der Waals surface area contributed by atoms with Crippen molar-refractivity contribution in [2.45, 2.75) is 6.10 Å². The van der Waals surface area contributed by atoms with Crippen molar-refractivity contribution in [3.8, 4) is 5.75 Å². The third-order valence-corrected chi connectivity index (χ3v) is 3.40. The third-order valence-electron chi connectivity index (χ3n) is 3.40. The first-order chi connectivity index (χ1) is 9.65. The van der Waals surface area contributed by atoms with Gasteiger partial charge in [0.05, 0.1) is 0 Å². The lowest BCUT2D eigenvalue weighted by Gasteiger charge is -2.21. The maximum Gasteiger partial charge on any atom is 0.233 e. The molecule has 1 N–H and O–H groups in total. The number of aliphatic hydroxyl groups excluding tert-OH is 1. The van der Waals surface area contributed by atoms with E-state index in [1.54, 1.807) is 6.08 Å². The van der Waals surface area contributed by atoms with E-state index in [0.717, 1.165) is 22.1 Å². The molecule has 1 atom stereocenters. The van der Waals surface area contributed by atoms with E-state index in [9.17, 15) is 15.2 Å². The van der Waals surface area contributed by atoms with Gasteiger partial charge in [0.15, 0.2) is 0 Å². The average molecular weight is 271 g/mol. The molecule has 0 saturated heterocycles. The summed E-state index contributed by atoms with van der Waals surface area (Å²) in [6.45, 7) is -0.324. The largest absolute Gasteiger partial charge is 0.488 e. The van der Waals surface area contributed by atoms with Crippen molar-refractivity contribution in [1.82, 2.24) is 0 Å². The predicted molar refractivity (Wildman–Crippen MR) is 75.3 cm³/mol. The number of rotatable bonds is 3. The Morgan fingerprint density at radius 2 is 2.10 bits per heavy atom. The number of hydrogen-bond donors (Lipinski definition) is 1. The van der Waals surface area contributed by atoms with Crippen LogP contribution in [0.25, 0.3) is 16.8 Å². The van der Waals surface area contributed by atoms with Gasteiger partial charge in [0.1, 0.15) is 18.5 Å². The zero-order chi connectivity index (χ0) is 14.1. The summed E-state index contributed by atoms with van der Waals surface area (Å²) in [4.78, 5) is 9.96. The van der Waals surface area contributed by atoms with E-state index in [-0.39, 0.29) is 6.61 Å². The van der Waals surface area contributed by atoms with Crippen LogP contribution in [0, 0.1) is 10.1 Å². The van der Waals surface area contributed by atoms with Crippen LogP contribution in [0.1, 0.15) is 5.56 Å². The zero-order valence-electron chi connectivity index (χ0n) is 10.7. The Kier molecular flexibility index (Phi) is 3.12. The Morgan fingerprint density at radius 3 is 2.90 bits per heavy atom. The Hall–Kier alpha value is -2.40. The van der Waals surface area contributed by atoms with Crippen molar-refractivity contribution in [2.75, 3.05) is 13.2 Å². The Labute approximate surface area is 115 Å². The lowest BCUT2D eigenvalue weighted by atomic mass is 9.98. The smallest absolute Gasteiger partial charge is 0.233 e. The molecule has 0 saturated carbocycles. The minimum Gasteiger partial charge on any atom is -0.488 e. The first kappa shape index (κ1) is 12.6. The highest BCUT2D eigenvalue weighted by Crippen LogP contribution is 2.33. The van der Waals surface area contributed by atoms with Gasteiger partial charge in [-0.15, -0.1) is 0 Å². The Morgan fingerprint density at radius 1 is 1.30 bits per heavy atom. The normalized spacial score (nSPS) is 15.2. The minimum absolute atomic E-state index is 0.181. The van der Waals surface area contributed by atoms with Crippen LogP contribution in [-0.4, -0.2) is 29.3 Å². The van der Waals surface area contributed by atoms with Crippen LogP contribution in [0.15, 0.2) is 42.0 Å². The second-order valence-corrected chi connectivity index (χ2v) is 4.74. The minimum atomic E-state index is -1.11. The van der Waals surface area contributed by atoms with E-state index in [0.29, 0.717) is 5.57 Å². The van der Waals surface area contributed by atoms with Crippen LogP contribution in [0.2, 0.25) is 0 Å². The second-order valence-electron chi connectivity index (χ2n) is 4.74. The predicted octanol–water partition coefficient (Wildman–Crippen LogP) is 2.25. The molecule has 0 bridgehead atoms. The number of benzene rings is 2. The van der Waals surface area contributed by atoms with Gasteiger partial charge in [0.2, 0.25) is 6.54 Å². The first-order valence-electron chi connectivity index (χ1n) is 6.30. The average Bonchev–Trinajstić information content (AvgIpc) is 2.46. The summed E-state index contributed by atoms with van der Waals surface area (Å²) in [5, 5.41) is 22.4. The van der Waals surface area contributed by atoms with Crippen LogP contribution >= 0.6 is 0 Å². The summed E-state index contributed by atoms with van der Waals surface area (Å²) in [5.41, 5.74) is 1.40. The molecule has 0 aliphatic carbocycles. The van der Waals surface area contributed by atoms with Crippen LogP contribution in [0.4, 0.5) is 0 Å².